The number of nitrogens with zero attached hydrogens (tertiary/aromatic N) is 1. The van der Waals surface area contributed by atoms with E-state index in [2.05, 4.69) is 20.6 Å². The van der Waals surface area contributed by atoms with Crippen molar-refractivity contribution in [3.8, 4) is 0 Å². The molecule has 146 valence electrons. The zero-order valence-electron chi connectivity index (χ0n) is 15.5. The minimum absolute atomic E-state index is 0.00193. The molecule has 1 heterocycles. The number of aromatic amines is 1. The van der Waals surface area contributed by atoms with Crippen LogP contribution in [0.1, 0.15) is 50.8 Å². The van der Waals surface area contributed by atoms with E-state index in [0.29, 0.717) is 28.9 Å². The number of carbonyl (C=O) groups excluding carboxylic acids is 1. The average Bonchev–Trinajstić information content (AvgIpc) is 3.06. The molecular weight excluding hydrogens is 347 g/mol. The van der Waals surface area contributed by atoms with Gasteiger partial charge >= 0.3 is 0 Å². The Labute approximate surface area is 158 Å². The third kappa shape index (κ3) is 4.65. The molecule has 2 fully saturated rings. The second-order valence-corrected chi connectivity index (χ2v) is 7.70. The van der Waals surface area contributed by atoms with E-state index in [1.165, 1.54) is 44.2 Å². The quantitative estimate of drug-likeness (QED) is 0.696. The van der Waals surface area contributed by atoms with Crippen molar-refractivity contribution in [3.05, 3.63) is 29.8 Å². The van der Waals surface area contributed by atoms with Crippen LogP contribution in [-0.2, 0) is 16.1 Å². The standard InChI is InChI=1S/C20H27FN4O2/c21-13-6-7-17-18(10-13)24-19(23-17)11-27-12-20(26)25-16-9-8-15(16)22-14-4-2-1-3-5-14/h6-7,10,14-16,22H,1-5,8-9,11-12H2,(H,23,24)(H,25,26)/t15-,16+/m1/s1. The van der Waals surface area contributed by atoms with Gasteiger partial charge in [-0.25, -0.2) is 9.37 Å². The summed E-state index contributed by atoms with van der Waals surface area (Å²) >= 11 is 0. The first-order valence-electron chi connectivity index (χ1n) is 9.95. The first-order valence-corrected chi connectivity index (χ1v) is 9.95. The lowest BCUT2D eigenvalue weighted by atomic mass is 9.84. The Kier molecular flexibility index (Phi) is 5.69. The van der Waals surface area contributed by atoms with Gasteiger partial charge in [0.1, 0.15) is 24.9 Å². The monoisotopic (exact) mass is 374 g/mol. The molecule has 0 spiro atoms. The Morgan fingerprint density at radius 3 is 2.78 bits per heavy atom. The van der Waals surface area contributed by atoms with E-state index in [-0.39, 0.29) is 31.0 Å². The summed E-state index contributed by atoms with van der Waals surface area (Å²) in [5, 5.41) is 6.78. The number of aromatic nitrogens is 2. The lowest BCUT2D eigenvalue weighted by Crippen LogP contribution is -2.59. The third-order valence-electron chi connectivity index (χ3n) is 5.64. The number of benzene rings is 1. The molecule has 0 bridgehead atoms. The van der Waals surface area contributed by atoms with Gasteiger partial charge in [0.25, 0.3) is 0 Å². The van der Waals surface area contributed by atoms with Crippen molar-refractivity contribution in [3.63, 3.8) is 0 Å². The van der Waals surface area contributed by atoms with E-state index >= 15 is 0 Å². The lowest BCUT2D eigenvalue weighted by molar-refractivity contribution is -0.127. The van der Waals surface area contributed by atoms with Crippen LogP contribution in [0.4, 0.5) is 4.39 Å². The van der Waals surface area contributed by atoms with Crippen molar-refractivity contribution in [2.24, 2.45) is 0 Å². The van der Waals surface area contributed by atoms with Crippen LogP contribution in [-0.4, -0.2) is 40.6 Å². The maximum absolute atomic E-state index is 13.2. The summed E-state index contributed by atoms with van der Waals surface area (Å²) < 4.78 is 18.7. The number of hydrogen-bond donors (Lipinski definition) is 3. The summed E-state index contributed by atoms with van der Waals surface area (Å²) in [6, 6.07) is 5.59. The van der Waals surface area contributed by atoms with E-state index in [1.54, 1.807) is 6.07 Å². The van der Waals surface area contributed by atoms with Gasteiger partial charge in [0, 0.05) is 18.1 Å². The van der Waals surface area contributed by atoms with Crippen molar-refractivity contribution in [1.29, 1.82) is 0 Å². The number of fused-ring (bicyclic) bond motifs is 1. The Morgan fingerprint density at radius 1 is 1.19 bits per heavy atom. The van der Waals surface area contributed by atoms with E-state index < -0.39 is 0 Å². The second-order valence-electron chi connectivity index (χ2n) is 7.70. The highest BCUT2D eigenvalue weighted by atomic mass is 19.1. The van der Waals surface area contributed by atoms with Crippen molar-refractivity contribution in [2.75, 3.05) is 6.61 Å². The van der Waals surface area contributed by atoms with Crippen molar-refractivity contribution >= 4 is 16.9 Å². The van der Waals surface area contributed by atoms with Crippen LogP contribution in [0.5, 0.6) is 0 Å². The summed E-state index contributed by atoms with van der Waals surface area (Å²) in [4.78, 5) is 19.5. The molecule has 3 N–H and O–H groups in total. The lowest BCUT2D eigenvalue weighted by Gasteiger charge is -2.41. The molecule has 0 unspecified atom stereocenters. The van der Waals surface area contributed by atoms with Crippen molar-refractivity contribution < 1.29 is 13.9 Å². The van der Waals surface area contributed by atoms with Crippen LogP contribution in [0.25, 0.3) is 11.0 Å². The number of halogens is 1. The molecule has 2 aliphatic carbocycles. The minimum atomic E-state index is -0.310. The molecule has 7 heteroatoms. The fraction of sp³-hybridized carbons (Fsp3) is 0.600. The number of hydrogen-bond acceptors (Lipinski definition) is 4. The number of ether oxygens (including phenoxy) is 1. The van der Waals surface area contributed by atoms with Gasteiger partial charge in [0.15, 0.2) is 0 Å². The fourth-order valence-corrected chi connectivity index (χ4v) is 4.04. The molecule has 4 rings (SSSR count). The number of rotatable bonds is 7. The molecule has 1 aromatic heterocycles. The first-order chi connectivity index (χ1) is 13.2. The summed E-state index contributed by atoms with van der Waals surface area (Å²) in [6.45, 7) is 0.191. The summed E-state index contributed by atoms with van der Waals surface area (Å²) in [5.41, 5.74) is 1.31. The molecule has 6 nitrogen and oxygen atoms in total. The molecule has 2 aliphatic rings. The van der Waals surface area contributed by atoms with E-state index in [1.807, 2.05) is 0 Å². The van der Waals surface area contributed by atoms with E-state index in [0.717, 1.165) is 12.8 Å². The van der Waals surface area contributed by atoms with Gasteiger partial charge < -0.3 is 20.4 Å². The Morgan fingerprint density at radius 2 is 2.00 bits per heavy atom. The van der Waals surface area contributed by atoms with Crippen molar-refractivity contribution in [1.82, 2.24) is 20.6 Å². The molecule has 2 aromatic rings. The molecule has 0 radical (unpaired) electrons. The number of nitrogens with one attached hydrogen (secondary N) is 3. The highest BCUT2D eigenvalue weighted by Crippen LogP contribution is 2.24. The predicted molar refractivity (Wildman–Crippen MR) is 101 cm³/mol. The van der Waals surface area contributed by atoms with Gasteiger partial charge in [0.2, 0.25) is 5.91 Å². The summed E-state index contributed by atoms with van der Waals surface area (Å²) in [6.07, 6.45) is 8.61. The molecule has 0 aliphatic heterocycles. The molecule has 2 saturated carbocycles. The predicted octanol–water partition coefficient (Wildman–Crippen LogP) is 2.79. The molecule has 27 heavy (non-hydrogen) atoms. The van der Waals surface area contributed by atoms with Crippen LogP contribution < -0.4 is 10.6 Å². The smallest absolute Gasteiger partial charge is 0.246 e. The van der Waals surface area contributed by atoms with Gasteiger partial charge in [-0.3, -0.25) is 4.79 Å². The van der Waals surface area contributed by atoms with Crippen LogP contribution in [0.3, 0.4) is 0 Å². The molecule has 0 saturated heterocycles. The Balaban J connectivity index is 1.19. The minimum Gasteiger partial charge on any atom is -0.364 e. The van der Waals surface area contributed by atoms with Gasteiger partial charge in [-0.2, -0.15) is 0 Å². The topological polar surface area (TPSA) is 79.0 Å². The zero-order valence-corrected chi connectivity index (χ0v) is 15.5. The van der Waals surface area contributed by atoms with E-state index in [4.69, 9.17) is 4.74 Å². The summed E-state index contributed by atoms with van der Waals surface area (Å²) in [5.74, 6) is 0.177. The largest absolute Gasteiger partial charge is 0.364 e. The maximum atomic E-state index is 13.2. The molecule has 2 atom stereocenters. The van der Waals surface area contributed by atoms with Gasteiger partial charge in [0.05, 0.1) is 11.0 Å². The molecular formula is C20H27FN4O2. The van der Waals surface area contributed by atoms with Gasteiger partial charge in [-0.05, 0) is 43.9 Å². The third-order valence-corrected chi connectivity index (χ3v) is 5.64. The Hall–Kier alpha value is -1.99. The zero-order chi connectivity index (χ0) is 18.6. The maximum Gasteiger partial charge on any atom is 0.246 e. The van der Waals surface area contributed by atoms with Crippen LogP contribution in [0.15, 0.2) is 18.2 Å². The molecule has 1 aromatic carbocycles. The highest BCUT2D eigenvalue weighted by Gasteiger charge is 2.33. The summed E-state index contributed by atoms with van der Waals surface area (Å²) in [7, 11) is 0. The van der Waals surface area contributed by atoms with Gasteiger partial charge in [-0.15, -0.1) is 0 Å². The number of imidazole rings is 1. The SMILES string of the molecule is O=C(COCc1nc2ccc(F)cc2[nH]1)N[C@H]1CC[C@H]1NC1CCCCC1. The number of H-pyrrole nitrogens is 1. The average molecular weight is 374 g/mol. The van der Waals surface area contributed by atoms with Crippen LogP contribution >= 0.6 is 0 Å². The Bertz CT molecular complexity index is 787. The van der Waals surface area contributed by atoms with E-state index in [9.17, 15) is 9.18 Å². The normalized spacial score (nSPS) is 23.3. The second kappa shape index (κ2) is 8.35. The van der Waals surface area contributed by atoms with Crippen LogP contribution in [0, 0.1) is 5.82 Å². The first kappa shape index (κ1) is 18.4. The highest BCUT2D eigenvalue weighted by molar-refractivity contribution is 5.77. The molecule has 1 amide bonds. The van der Waals surface area contributed by atoms with Crippen molar-refractivity contribution in [2.45, 2.75) is 69.7 Å². The van der Waals surface area contributed by atoms with Gasteiger partial charge in [-0.1, -0.05) is 19.3 Å². The number of carbonyl (C=O) groups is 1. The fourth-order valence-electron chi connectivity index (χ4n) is 4.04. The number of amides is 1. The van der Waals surface area contributed by atoms with Crippen LogP contribution in [0.2, 0.25) is 0 Å².